The van der Waals surface area contributed by atoms with Gasteiger partial charge in [-0.15, -0.1) is 11.6 Å². The average molecular weight is 288 g/mol. The molecule has 104 valence electrons. The van der Waals surface area contributed by atoms with Gasteiger partial charge in [0.25, 0.3) is 0 Å². The molecule has 2 aromatic rings. The molecule has 1 aromatic heterocycles. The highest BCUT2D eigenvalue weighted by atomic mass is 35.5. The molecule has 3 rings (SSSR count). The van der Waals surface area contributed by atoms with E-state index in [1.807, 2.05) is 6.07 Å². The molecule has 0 bridgehead atoms. The van der Waals surface area contributed by atoms with Gasteiger partial charge in [0, 0.05) is 11.8 Å². The van der Waals surface area contributed by atoms with Crippen LogP contribution in [0.15, 0.2) is 36.7 Å². The first-order valence-corrected chi connectivity index (χ1v) is 7.51. The second kappa shape index (κ2) is 5.80. The van der Waals surface area contributed by atoms with Crippen LogP contribution in [-0.2, 0) is 12.8 Å². The Kier molecular flexibility index (Phi) is 3.88. The van der Waals surface area contributed by atoms with Gasteiger partial charge in [-0.25, -0.2) is 9.97 Å². The third-order valence-electron chi connectivity index (χ3n) is 3.70. The van der Waals surface area contributed by atoms with Crippen molar-refractivity contribution in [2.24, 2.45) is 0 Å². The van der Waals surface area contributed by atoms with Gasteiger partial charge in [0.2, 0.25) is 0 Å². The van der Waals surface area contributed by atoms with E-state index < -0.39 is 0 Å². The molecule has 1 aliphatic carbocycles. The zero-order chi connectivity index (χ0) is 13.9. The number of hydrogen-bond donors (Lipinski definition) is 1. The molecule has 4 heteroatoms. The summed E-state index contributed by atoms with van der Waals surface area (Å²) in [5, 5.41) is 3.53. The quantitative estimate of drug-likeness (QED) is 0.871. The molecule has 1 heterocycles. The zero-order valence-corrected chi connectivity index (χ0v) is 12.3. The summed E-state index contributed by atoms with van der Waals surface area (Å²) in [5.74, 6) is 0.857. The first-order chi connectivity index (χ1) is 9.78. The maximum atomic E-state index is 6.49. The third kappa shape index (κ3) is 2.63. The molecule has 0 amide bonds. The lowest BCUT2D eigenvalue weighted by molar-refractivity contribution is 0.763. The summed E-state index contributed by atoms with van der Waals surface area (Å²) in [5.41, 5.74) is 3.68. The lowest BCUT2D eigenvalue weighted by Gasteiger charge is -2.18. The van der Waals surface area contributed by atoms with Crippen molar-refractivity contribution in [2.75, 3.05) is 5.32 Å². The van der Waals surface area contributed by atoms with Crippen LogP contribution in [-0.4, -0.2) is 15.3 Å². The second-order valence-electron chi connectivity index (χ2n) is 5.19. The van der Waals surface area contributed by atoms with Crippen LogP contribution in [0.1, 0.15) is 36.2 Å². The SMILES string of the molecule is CCCc1cc(NC2c3ccccc3CC2Cl)ncn1. The van der Waals surface area contributed by atoms with Crippen molar-refractivity contribution in [2.45, 2.75) is 37.6 Å². The summed E-state index contributed by atoms with van der Waals surface area (Å²) < 4.78 is 0. The number of nitrogens with zero attached hydrogens (tertiary/aromatic N) is 2. The Morgan fingerprint density at radius 3 is 3.00 bits per heavy atom. The Bertz CT molecular complexity index is 600. The van der Waals surface area contributed by atoms with Crippen LogP contribution in [0.25, 0.3) is 0 Å². The fraction of sp³-hybridized carbons (Fsp3) is 0.375. The fourth-order valence-electron chi connectivity index (χ4n) is 2.74. The summed E-state index contributed by atoms with van der Waals surface area (Å²) >= 11 is 6.49. The number of anilines is 1. The van der Waals surface area contributed by atoms with E-state index in [2.05, 4.69) is 46.5 Å². The summed E-state index contributed by atoms with van der Waals surface area (Å²) in [6.45, 7) is 2.15. The molecule has 3 nitrogen and oxygen atoms in total. The number of aromatic nitrogens is 2. The van der Waals surface area contributed by atoms with Crippen LogP contribution < -0.4 is 5.32 Å². The van der Waals surface area contributed by atoms with Crippen molar-refractivity contribution in [3.63, 3.8) is 0 Å². The molecule has 0 radical (unpaired) electrons. The maximum Gasteiger partial charge on any atom is 0.130 e. The largest absolute Gasteiger partial charge is 0.362 e. The van der Waals surface area contributed by atoms with E-state index in [4.69, 9.17) is 11.6 Å². The number of fused-ring (bicyclic) bond motifs is 1. The summed E-state index contributed by atoms with van der Waals surface area (Å²) in [6, 6.07) is 10.6. The maximum absolute atomic E-state index is 6.49. The van der Waals surface area contributed by atoms with E-state index in [9.17, 15) is 0 Å². The van der Waals surface area contributed by atoms with Gasteiger partial charge in [-0.1, -0.05) is 37.6 Å². The Hall–Kier alpha value is -1.61. The van der Waals surface area contributed by atoms with E-state index in [0.717, 1.165) is 30.8 Å². The highest BCUT2D eigenvalue weighted by Crippen LogP contribution is 2.36. The molecule has 0 fully saturated rings. The molecule has 0 saturated heterocycles. The zero-order valence-electron chi connectivity index (χ0n) is 11.5. The van der Waals surface area contributed by atoms with Crippen molar-refractivity contribution < 1.29 is 0 Å². The minimum Gasteiger partial charge on any atom is -0.362 e. The Morgan fingerprint density at radius 2 is 2.15 bits per heavy atom. The average Bonchev–Trinajstić information content (AvgIpc) is 2.76. The third-order valence-corrected chi connectivity index (χ3v) is 4.11. The monoisotopic (exact) mass is 287 g/mol. The fourth-order valence-corrected chi connectivity index (χ4v) is 3.11. The molecular weight excluding hydrogens is 270 g/mol. The Labute approximate surface area is 124 Å². The predicted octanol–water partition coefficient (Wildman–Crippen LogP) is 3.75. The molecule has 0 aliphatic heterocycles. The number of rotatable bonds is 4. The number of aryl methyl sites for hydroxylation is 1. The molecule has 0 saturated carbocycles. The van der Waals surface area contributed by atoms with Crippen molar-refractivity contribution in [1.82, 2.24) is 9.97 Å². The van der Waals surface area contributed by atoms with Crippen LogP contribution in [0.5, 0.6) is 0 Å². The Morgan fingerprint density at radius 1 is 1.30 bits per heavy atom. The number of nitrogens with one attached hydrogen (secondary N) is 1. The normalized spacial score (nSPS) is 20.7. The van der Waals surface area contributed by atoms with Crippen LogP contribution in [0.3, 0.4) is 0 Å². The number of hydrogen-bond acceptors (Lipinski definition) is 3. The van der Waals surface area contributed by atoms with Crippen molar-refractivity contribution >= 4 is 17.4 Å². The van der Waals surface area contributed by atoms with Gasteiger partial charge in [0.05, 0.1) is 11.4 Å². The summed E-state index contributed by atoms with van der Waals surface area (Å²) in [7, 11) is 0. The lowest BCUT2D eigenvalue weighted by Crippen LogP contribution is -2.17. The van der Waals surface area contributed by atoms with Crippen molar-refractivity contribution in [3.05, 3.63) is 53.5 Å². The molecule has 2 unspecified atom stereocenters. The van der Waals surface area contributed by atoms with E-state index in [1.165, 1.54) is 11.1 Å². The molecule has 2 atom stereocenters. The van der Waals surface area contributed by atoms with E-state index in [-0.39, 0.29) is 11.4 Å². The van der Waals surface area contributed by atoms with Gasteiger partial charge >= 0.3 is 0 Å². The second-order valence-corrected chi connectivity index (χ2v) is 5.75. The molecular formula is C16H18ClN3. The van der Waals surface area contributed by atoms with E-state index in [0.29, 0.717) is 0 Å². The van der Waals surface area contributed by atoms with Crippen LogP contribution in [0.2, 0.25) is 0 Å². The van der Waals surface area contributed by atoms with Crippen LogP contribution in [0.4, 0.5) is 5.82 Å². The van der Waals surface area contributed by atoms with Gasteiger partial charge in [-0.3, -0.25) is 0 Å². The highest BCUT2D eigenvalue weighted by molar-refractivity contribution is 6.21. The first kappa shape index (κ1) is 13.4. The molecule has 1 aliphatic rings. The van der Waals surface area contributed by atoms with Crippen molar-refractivity contribution in [1.29, 1.82) is 0 Å². The minimum atomic E-state index is 0.0667. The number of halogens is 1. The smallest absolute Gasteiger partial charge is 0.130 e. The summed E-state index contributed by atoms with van der Waals surface area (Å²) in [4.78, 5) is 8.59. The standard InChI is InChI=1S/C16H18ClN3/c1-2-5-12-9-15(19-10-18-12)20-16-13-7-4-3-6-11(13)8-14(16)17/h3-4,6-7,9-10,14,16H,2,5,8H2,1H3,(H,18,19,20). The van der Waals surface area contributed by atoms with Gasteiger partial charge in [0.1, 0.15) is 12.1 Å². The molecule has 20 heavy (non-hydrogen) atoms. The highest BCUT2D eigenvalue weighted by Gasteiger charge is 2.30. The number of benzene rings is 1. The topological polar surface area (TPSA) is 37.8 Å². The molecule has 1 aromatic carbocycles. The number of alkyl halides is 1. The Balaban J connectivity index is 1.82. The molecule has 0 spiro atoms. The van der Waals surface area contributed by atoms with Crippen LogP contribution in [0, 0.1) is 0 Å². The minimum absolute atomic E-state index is 0.0667. The van der Waals surface area contributed by atoms with E-state index >= 15 is 0 Å². The van der Waals surface area contributed by atoms with Crippen LogP contribution >= 0.6 is 11.6 Å². The van der Waals surface area contributed by atoms with Crippen molar-refractivity contribution in [3.8, 4) is 0 Å². The lowest BCUT2D eigenvalue weighted by atomic mass is 10.1. The van der Waals surface area contributed by atoms with Gasteiger partial charge in [-0.05, 0) is 24.0 Å². The molecule has 1 N–H and O–H groups in total. The van der Waals surface area contributed by atoms with E-state index in [1.54, 1.807) is 6.33 Å². The van der Waals surface area contributed by atoms with Gasteiger partial charge in [0.15, 0.2) is 0 Å². The first-order valence-electron chi connectivity index (χ1n) is 7.07. The summed E-state index contributed by atoms with van der Waals surface area (Å²) in [6.07, 6.45) is 4.59. The van der Waals surface area contributed by atoms with Gasteiger partial charge < -0.3 is 5.32 Å². The predicted molar refractivity (Wildman–Crippen MR) is 82.2 cm³/mol. The van der Waals surface area contributed by atoms with Gasteiger partial charge in [-0.2, -0.15) is 0 Å².